The average Bonchev–Trinajstić information content (AvgIpc) is 2.34. The zero-order chi connectivity index (χ0) is 14.3. The van der Waals surface area contributed by atoms with Crippen LogP contribution in [0.2, 0.25) is 0 Å². The van der Waals surface area contributed by atoms with Gasteiger partial charge in [0.1, 0.15) is 18.0 Å². The molecule has 0 aromatic carbocycles. The Morgan fingerprint density at radius 3 is 2.42 bits per heavy atom. The molecule has 0 saturated heterocycles. The SMILES string of the molecule is CCNc1ncnc(NCCNC(N)=O)c1C(C)C. The summed E-state index contributed by atoms with van der Waals surface area (Å²) in [7, 11) is 0. The van der Waals surface area contributed by atoms with Gasteiger partial charge < -0.3 is 21.7 Å². The number of anilines is 2. The van der Waals surface area contributed by atoms with Crippen molar-refractivity contribution in [1.29, 1.82) is 0 Å². The van der Waals surface area contributed by atoms with E-state index in [-0.39, 0.29) is 0 Å². The van der Waals surface area contributed by atoms with Crippen LogP contribution in [0.1, 0.15) is 32.3 Å². The van der Waals surface area contributed by atoms with Gasteiger partial charge in [-0.1, -0.05) is 13.8 Å². The normalized spacial score (nSPS) is 10.3. The van der Waals surface area contributed by atoms with E-state index in [0.717, 1.165) is 23.7 Å². The first-order chi connectivity index (χ1) is 9.06. The Hall–Kier alpha value is -2.05. The Kier molecular flexibility index (Phi) is 5.84. The largest absolute Gasteiger partial charge is 0.370 e. The van der Waals surface area contributed by atoms with Crippen molar-refractivity contribution in [3.63, 3.8) is 0 Å². The summed E-state index contributed by atoms with van der Waals surface area (Å²) in [4.78, 5) is 19.1. The summed E-state index contributed by atoms with van der Waals surface area (Å²) < 4.78 is 0. The third-order valence-electron chi connectivity index (χ3n) is 2.52. The van der Waals surface area contributed by atoms with E-state index in [4.69, 9.17) is 5.73 Å². The summed E-state index contributed by atoms with van der Waals surface area (Å²) in [6, 6.07) is -0.526. The zero-order valence-electron chi connectivity index (χ0n) is 11.7. The lowest BCUT2D eigenvalue weighted by Gasteiger charge is -2.17. The molecule has 0 fully saturated rings. The van der Waals surface area contributed by atoms with Crippen LogP contribution in [-0.2, 0) is 0 Å². The van der Waals surface area contributed by atoms with E-state index in [9.17, 15) is 4.79 Å². The molecule has 0 aliphatic heterocycles. The number of aromatic nitrogens is 2. The number of nitrogens with one attached hydrogen (secondary N) is 3. The highest BCUT2D eigenvalue weighted by Gasteiger charge is 2.14. The third-order valence-corrected chi connectivity index (χ3v) is 2.52. The Labute approximate surface area is 113 Å². The smallest absolute Gasteiger partial charge is 0.312 e. The summed E-state index contributed by atoms with van der Waals surface area (Å²) in [6.07, 6.45) is 1.52. The van der Waals surface area contributed by atoms with Gasteiger partial charge in [-0.25, -0.2) is 14.8 Å². The average molecular weight is 266 g/mol. The number of rotatable bonds is 7. The lowest BCUT2D eigenvalue weighted by Crippen LogP contribution is -2.33. The minimum absolute atomic E-state index is 0.293. The molecule has 7 nitrogen and oxygen atoms in total. The molecule has 0 unspecified atom stereocenters. The van der Waals surface area contributed by atoms with E-state index in [2.05, 4.69) is 39.8 Å². The van der Waals surface area contributed by atoms with Crippen molar-refractivity contribution in [3.8, 4) is 0 Å². The highest BCUT2D eigenvalue weighted by Crippen LogP contribution is 2.27. The molecule has 0 bridgehead atoms. The number of carbonyl (C=O) groups excluding carboxylic acids is 1. The van der Waals surface area contributed by atoms with E-state index in [1.807, 2.05) is 6.92 Å². The molecule has 0 radical (unpaired) electrons. The van der Waals surface area contributed by atoms with Crippen molar-refractivity contribution in [2.75, 3.05) is 30.3 Å². The summed E-state index contributed by atoms with van der Waals surface area (Å²) in [6.45, 7) is 8.02. The second-order valence-corrected chi connectivity index (χ2v) is 4.39. The number of carbonyl (C=O) groups is 1. The predicted octanol–water partition coefficient (Wildman–Crippen LogP) is 1.11. The monoisotopic (exact) mass is 266 g/mol. The second-order valence-electron chi connectivity index (χ2n) is 4.39. The van der Waals surface area contributed by atoms with Crippen LogP contribution in [0.5, 0.6) is 0 Å². The number of urea groups is 1. The molecule has 0 aliphatic rings. The Bertz CT molecular complexity index is 421. The molecule has 0 aliphatic carbocycles. The molecule has 0 spiro atoms. The van der Waals surface area contributed by atoms with E-state index >= 15 is 0 Å². The maximum Gasteiger partial charge on any atom is 0.312 e. The van der Waals surface area contributed by atoms with Gasteiger partial charge in [-0.3, -0.25) is 0 Å². The molecule has 106 valence electrons. The Morgan fingerprint density at radius 1 is 1.26 bits per heavy atom. The van der Waals surface area contributed by atoms with Crippen LogP contribution in [0.25, 0.3) is 0 Å². The van der Waals surface area contributed by atoms with Crippen molar-refractivity contribution >= 4 is 17.7 Å². The number of hydrogen-bond acceptors (Lipinski definition) is 5. The van der Waals surface area contributed by atoms with Gasteiger partial charge in [0.05, 0.1) is 0 Å². The maximum absolute atomic E-state index is 10.6. The lowest BCUT2D eigenvalue weighted by molar-refractivity contribution is 0.249. The van der Waals surface area contributed by atoms with E-state index in [1.54, 1.807) is 0 Å². The molecule has 7 heteroatoms. The molecular weight excluding hydrogens is 244 g/mol. The van der Waals surface area contributed by atoms with E-state index in [0.29, 0.717) is 19.0 Å². The number of nitrogens with zero attached hydrogens (tertiary/aromatic N) is 2. The number of hydrogen-bond donors (Lipinski definition) is 4. The van der Waals surface area contributed by atoms with Crippen LogP contribution >= 0.6 is 0 Å². The van der Waals surface area contributed by atoms with Crippen molar-refractivity contribution in [1.82, 2.24) is 15.3 Å². The molecule has 5 N–H and O–H groups in total. The van der Waals surface area contributed by atoms with E-state index < -0.39 is 6.03 Å². The minimum Gasteiger partial charge on any atom is -0.370 e. The van der Waals surface area contributed by atoms with Gasteiger partial charge in [0.2, 0.25) is 0 Å². The van der Waals surface area contributed by atoms with Gasteiger partial charge in [0.15, 0.2) is 0 Å². The van der Waals surface area contributed by atoms with Crippen molar-refractivity contribution in [2.45, 2.75) is 26.7 Å². The quantitative estimate of drug-likeness (QED) is 0.553. The molecular formula is C12H22N6O. The van der Waals surface area contributed by atoms with Gasteiger partial charge in [-0.15, -0.1) is 0 Å². The summed E-state index contributed by atoms with van der Waals surface area (Å²) in [5.41, 5.74) is 6.05. The van der Waals surface area contributed by atoms with Gasteiger partial charge >= 0.3 is 6.03 Å². The molecule has 0 saturated carbocycles. The van der Waals surface area contributed by atoms with Crippen LogP contribution < -0.4 is 21.7 Å². The number of amides is 2. The maximum atomic E-state index is 10.6. The van der Waals surface area contributed by atoms with E-state index in [1.165, 1.54) is 6.33 Å². The van der Waals surface area contributed by atoms with Gasteiger partial charge in [0.25, 0.3) is 0 Å². The fourth-order valence-corrected chi connectivity index (χ4v) is 1.76. The van der Waals surface area contributed by atoms with Crippen LogP contribution in [0.4, 0.5) is 16.4 Å². The van der Waals surface area contributed by atoms with Crippen LogP contribution in [0.3, 0.4) is 0 Å². The second kappa shape index (κ2) is 7.40. The van der Waals surface area contributed by atoms with Crippen molar-refractivity contribution in [2.24, 2.45) is 5.73 Å². The molecule has 1 aromatic rings. The van der Waals surface area contributed by atoms with Crippen LogP contribution in [0, 0.1) is 0 Å². The highest BCUT2D eigenvalue weighted by molar-refractivity contribution is 5.71. The number of nitrogens with two attached hydrogens (primary N) is 1. The zero-order valence-corrected chi connectivity index (χ0v) is 11.7. The molecule has 0 atom stereocenters. The minimum atomic E-state index is -0.526. The standard InChI is InChI=1S/C12H22N6O/c1-4-14-10-9(8(2)3)11(18-7-17-10)15-5-6-16-12(13)19/h7-8H,4-6H2,1-3H3,(H3,13,16,19)(H2,14,15,17,18). The van der Waals surface area contributed by atoms with Crippen molar-refractivity contribution < 1.29 is 4.79 Å². The Morgan fingerprint density at radius 2 is 1.89 bits per heavy atom. The highest BCUT2D eigenvalue weighted by atomic mass is 16.2. The summed E-state index contributed by atoms with van der Waals surface area (Å²) >= 11 is 0. The van der Waals surface area contributed by atoms with Crippen LogP contribution in [-0.4, -0.2) is 35.6 Å². The van der Waals surface area contributed by atoms with Crippen molar-refractivity contribution in [3.05, 3.63) is 11.9 Å². The first-order valence-corrected chi connectivity index (χ1v) is 6.42. The Balaban J connectivity index is 2.75. The van der Waals surface area contributed by atoms with Crippen LogP contribution in [0.15, 0.2) is 6.33 Å². The lowest BCUT2D eigenvalue weighted by atomic mass is 10.0. The fourth-order valence-electron chi connectivity index (χ4n) is 1.76. The predicted molar refractivity (Wildman–Crippen MR) is 76.4 cm³/mol. The van der Waals surface area contributed by atoms with Gasteiger partial charge in [-0.2, -0.15) is 0 Å². The van der Waals surface area contributed by atoms with Gasteiger partial charge in [-0.05, 0) is 12.8 Å². The summed E-state index contributed by atoms with van der Waals surface area (Å²) in [5.74, 6) is 1.92. The molecule has 19 heavy (non-hydrogen) atoms. The molecule has 1 rings (SSSR count). The third kappa shape index (κ3) is 4.61. The summed E-state index contributed by atoms with van der Waals surface area (Å²) in [5, 5.41) is 8.93. The first kappa shape index (κ1) is 15.0. The van der Waals surface area contributed by atoms with Gasteiger partial charge in [0, 0.05) is 25.2 Å². The number of primary amides is 1. The first-order valence-electron chi connectivity index (χ1n) is 6.42. The molecule has 2 amide bonds. The topological polar surface area (TPSA) is 105 Å². The fraction of sp³-hybridized carbons (Fsp3) is 0.583. The molecule has 1 aromatic heterocycles. The molecule has 1 heterocycles.